The Hall–Kier alpha value is -0.980. The number of thiazole rings is 1. The number of hydrogen-bond donors (Lipinski definition) is 0. The van der Waals surface area contributed by atoms with E-state index in [0.29, 0.717) is 23.6 Å². The number of carbonyl (C=O) groups is 1. The van der Waals surface area contributed by atoms with Crippen LogP contribution < -0.4 is 0 Å². The van der Waals surface area contributed by atoms with Crippen LogP contribution in [0.25, 0.3) is 0 Å². The lowest BCUT2D eigenvalue weighted by atomic mass is 10.0. The first-order valence-corrected chi connectivity index (χ1v) is 8.25. The molecule has 0 bridgehead atoms. The van der Waals surface area contributed by atoms with Gasteiger partial charge < -0.3 is 9.64 Å². The van der Waals surface area contributed by atoms with Gasteiger partial charge in [0.05, 0.1) is 12.1 Å². The van der Waals surface area contributed by atoms with Gasteiger partial charge >= 0.3 is 0 Å². The average Bonchev–Trinajstić information content (AvgIpc) is 3.19. The third kappa shape index (κ3) is 2.16. The maximum Gasteiger partial charge on any atom is 0.273 e. The molecule has 20 heavy (non-hydrogen) atoms. The van der Waals surface area contributed by atoms with Gasteiger partial charge in [0.15, 0.2) is 0 Å². The first-order valence-electron chi connectivity index (χ1n) is 7.30. The molecule has 0 aliphatic carbocycles. The summed E-state index contributed by atoms with van der Waals surface area (Å²) < 4.78 is 5.49. The Morgan fingerprint density at radius 3 is 2.70 bits per heavy atom. The lowest BCUT2D eigenvalue weighted by molar-refractivity contribution is 0.0762. The van der Waals surface area contributed by atoms with Gasteiger partial charge in [-0.1, -0.05) is 0 Å². The minimum Gasteiger partial charge on any atom is -0.380 e. The quantitative estimate of drug-likeness (QED) is 0.814. The summed E-state index contributed by atoms with van der Waals surface area (Å²) in [5.74, 6) is 1.38. The highest BCUT2D eigenvalue weighted by molar-refractivity contribution is 7.07. The number of nitrogens with zero attached hydrogens (tertiary/aromatic N) is 3. The Morgan fingerprint density at radius 2 is 2.10 bits per heavy atom. The zero-order valence-corrected chi connectivity index (χ0v) is 12.2. The van der Waals surface area contributed by atoms with Crippen molar-refractivity contribution in [3.63, 3.8) is 0 Å². The molecule has 1 amide bonds. The van der Waals surface area contributed by atoms with E-state index in [9.17, 15) is 4.79 Å². The van der Waals surface area contributed by atoms with Crippen LogP contribution in [0.1, 0.15) is 16.9 Å². The zero-order valence-electron chi connectivity index (χ0n) is 11.4. The van der Waals surface area contributed by atoms with Gasteiger partial charge in [0.25, 0.3) is 5.91 Å². The molecule has 0 radical (unpaired) electrons. The van der Waals surface area contributed by atoms with Crippen molar-refractivity contribution in [3.8, 4) is 0 Å². The van der Waals surface area contributed by atoms with Crippen LogP contribution in [0.3, 0.4) is 0 Å². The van der Waals surface area contributed by atoms with Gasteiger partial charge in [0, 0.05) is 44.2 Å². The van der Waals surface area contributed by atoms with E-state index in [2.05, 4.69) is 9.88 Å². The number of ether oxygens (including phenoxy) is 1. The van der Waals surface area contributed by atoms with Gasteiger partial charge in [0.1, 0.15) is 5.69 Å². The summed E-state index contributed by atoms with van der Waals surface area (Å²) in [6, 6.07) is 0.614. The predicted octanol–water partition coefficient (Wildman–Crippen LogP) is 0.936. The fourth-order valence-corrected chi connectivity index (χ4v) is 4.31. The molecule has 108 valence electrons. The topological polar surface area (TPSA) is 45.7 Å². The van der Waals surface area contributed by atoms with Crippen molar-refractivity contribution in [2.75, 3.05) is 39.4 Å². The Bertz CT molecular complexity index is 473. The van der Waals surface area contributed by atoms with Crippen molar-refractivity contribution < 1.29 is 9.53 Å². The molecular weight excluding hydrogens is 274 g/mol. The monoisotopic (exact) mass is 293 g/mol. The highest BCUT2D eigenvalue weighted by atomic mass is 32.1. The summed E-state index contributed by atoms with van der Waals surface area (Å²) in [6.45, 7) is 5.83. The molecule has 3 atom stereocenters. The minimum atomic E-state index is 0.108. The zero-order chi connectivity index (χ0) is 13.5. The van der Waals surface area contributed by atoms with E-state index < -0.39 is 0 Å². The van der Waals surface area contributed by atoms with Crippen LogP contribution in [0, 0.1) is 11.8 Å². The normalized spacial score (nSPS) is 33.8. The Morgan fingerprint density at radius 1 is 1.30 bits per heavy atom. The van der Waals surface area contributed by atoms with Crippen LogP contribution in [-0.2, 0) is 4.74 Å². The summed E-state index contributed by atoms with van der Waals surface area (Å²) in [6.07, 6.45) is 1.17. The summed E-state index contributed by atoms with van der Waals surface area (Å²) in [7, 11) is 0. The van der Waals surface area contributed by atoms with Crippen molar-refractivity contribution in [2.24, 2.45) is 11.8 Å². The molecule has 0 unspecified atom stereocenters. The summed E-state index contributed by atoms with van der Waals surface area (Å²) in [4.78, 5) is 21.0. The van der Waals surface area contributed by atoms with E-state index in [0.717, 1.165) is 39.4 Å². The van der Waals surface area contributed by atoms with E-state index in [1.54, 1.807) is 5.51 Å². The van der Waals surface area contributed by atoms with E-state index in [1.807, 2.05) is 10.3 Å². The molecule has 1 aromatic heterocycles. The number of amides is 1. The van der Waals surface area contributed by atoms with Crippen molar-refractivity contribution in [1.29, 1.82) is 0 Å². The maximum atomic E-state index is 12.3. The number of rotatable bonds is 2. The molecular formula is C14H19N3O2S. The SMILES string of the molecule is O=C(c1cscn1)N1C[C@@H]2CN([C@@H]3CCOC3)C[C@@H]2C1. The number of hydrogen-bond acceptors (Lipinski definition) is 5. The summed E-state index contributed by atoms with van der Waals surface area (Å²) >= 11 is 1.48. The molecule has 5 nitrogen and oxygen atoms in total. The van der Waals surface area contributed by atoms with Gasteiger partial charge in [-0.3, -0.25) is 9.69 Å². The molecule has 4 rings (SSSR count). The molecule has 3 saturated heterocycles. The average molecular weight is 293 g/mol. The third-order valence-corrected chi connectivity index (χ3v) is 5.46. The fraction of sp³-hybridized carbons (Fsp3) is 0.714. The molecule has 0 saturated carbocycles. The molecule has 0 aromatic carbocycles. The Balaban J connectivity index is 1.38. The van der Waals surface area contributed by atoms with E-state index >= 15 is 0 Å². The number of carbonyl (C=O) groups excluding carboxylic acids is 1. The van der Waals surface area contributed by atoms with E-state index in [1.165, 1.54) is 17.8 Å². The second-order valence-corrected chi connectivity index (χ2v) is 6.79. The minimum absolute atomic E-state index is 0.108. The molecule has 0 spiro atoms. The molecule has 4 heterocycles. The first kappa shape index (κ1) is 12.7. The van der Waals surface area contributed by atoms with Crippen LogP contribution in [0.4, 0.5) is 0 Å². The second-order valence-electron chi connectivity index (χ2n) is 6.08. The highest BCUT2D eigenvalue weighted by Crippen LogP contribution is 2.34. The highest BCUT2D eigenvalue weighted by Gasteiger charge is 2.44. The van der Waals surface area contributed by atoms with Crippen LogP contribution >= 0.6 is 11.3 Å². The lowest BCUT2D eigenvalue weighted by Gasteiger charge is -2.25. The Kier molecular flexibility index (Phi) is 3.24. The van der Waals surface area contributed by atoms with Gasteiger partial charge in [-0.25, -0.2) is 4.98 Å². The molecule has 3 aliphatic rings. The fourth-order valence-electron chi connectivity index (χ4n) is 3.78. The molecule has 3 aliphatic heterocycles. The first-order chi connectivity index (χ1) is 9.81. The lowest BCUT2D eigenvalue weighted by Crippen LogP contribution is -2.38. The maximum absolute atomic E-state index is 12.3. The van der Waals surface area contributed by atoms with Gasteiger partial charge in [0.2, 0.25) is 0 Å². The summed E-state index contributed by atoms with van der Waals surface area (Å²) in [5, 5.41) is 1.85. The van der Waals surface area contributed by atoms with Crippen molar-refractivity contribution in [3.05, 3.63) is 16.6 Å². The second kappa shape index (κ2) is 5.09. The van der Waals surface area contributed by atoms with Gasteiger partial charge in [-0.2, -0.15) is 0 Å². The molecule has 6 heteroatoms. The number of likely N-dealkylation sites (tertiary alicyclic amines) is 2. The van der Waals surface area contributed by atoms with Gasteiger partial charge in [-0.05, 0) is 18.3 Å². The number of fused-ring (bicyclic) bond motifs is 1. The standard InChI is InChI=1S/C14H19N3O2S/c18-14(13-8-20-9-15-13)17-5-10-3-16(4-11(10)6-17)12-1-2-19-7-12/h8-12H,1-7H2/t10-,11+,12-/m1/s1. The predicted molar refractivity (Wildman–Crippen MR) is 75.8 cm³/mol. The summed E-state index contributed by atoms with van der Waals surface area (Å²) in [5.41, 5.74) is 2.34. The van der Waals surface area contributed by atoms with Crippen LogP contribution in [0.15, 0.2) is 10.9 Å². The number of aromatic nitrogens is 1. The van der Waals surface area contributed by atoms with E-state index in [-0.39, 0.29) is 5.91 Å². The van der Waals surface area contributed by atoms with Crippen molar-refractivity contribution in [1.82, 2.24) is 14.8 Å². The van der Waals surface area contributed by atoms with Crippen LogP contribution in [-0.4, -0.2) is 66.1 Å². The van der Waals surface area contributed by atoms with Crippen LogP contribution in [0.2, 0.25) is 0 Å². The third-order valence-electron chi connectivity index (χ3n) is 4.88. The molecule has 0 N–H and O–H groups in total. The molecule has 3 fully saturated rings. The van der Waals surface area contributed by atoms with Crippen molar-refractivity contribution in [2.45, 2.75) is 12.5 Å². The Labute approximate surface area is 122 Å². The van der Waals surface area contributed by atoms with E-state index in [4.69, 9.17) is 4.74 Å². The largest absolute Gasteiger partial charge is 0.380 e. The molecule has 1 aromatic rings. The smallest absolute Gasteiger partial charge is 0.273 e. The van der Waals surface area contributed by atoms with Gasteiger partial charge in [-0.15, -0.1) is 11.3 Å². The van der Waals surface area contributed by atoms with Crippen LogP contribution in [0.5, 0.6) is 0 Å². The van der Waals surface area contributed by atoms with Crippen molar-refractivity contribution >= 4 is 17.2 Å².